The molecule has 1 aromatic rings. The van der Waals surface area contributed by atoms with Crippen molar-refractivity contribution in [3.8, 4) is 0 Å². The largest absolute Gasteiger partial charge is 0.396 e. The molecule has 1 aliphatic heterocycles. The van der Waals surface area contributed by atoms with Gasteiger partial charge >= 0.3 is 0 Å². The Hall–Kier alpha value is -0.230. The summed E-state index contributed by atoms with van der Waals surface area (Å²) in [7, 11) is 0. The molecule has 2 rings (SSSR count). The Morgan fingerprint density at radius 3 is 2.32 bits per heavy atom. The summed E-state index contributed by atoms with van der Waals surface area (Å²) in [6, 6.07) is 5.82. The summed E-state index contributed by atoms with van der Waals surface area (Å²) >= 11 is 12.4. The van der Waals surface area contributed by atoms with Gasteiger partial charge < -0.3 is 14.7 Å². The van der Waals surface area contributed by atoms with E-state index in [9.17, 15) is 0 Å². The summed E-state index contributed by atoms with van der Waals surface area (Å²) in [5.41, 5.74) is 1.04. The molecule has 1 N–H and O–H groups in total. The van der Waals surface area contributed by atoms with Gasteiger partial charge in [-0.3, -0.25) is 4.90 Å². The molecule has 1 saturated heterocycles. The van der Waals surface area contributed by atoms with Gasteiger partial charge in [-0.25, -0.2) is 0 Å². The molecule has 1 aromatic carbocycles. The smallest absolute Gasteiger partial charge is 0.0825 e. The minimum atomic E-state index is 0. The highest BCUT2D eigenvalue weighted by Gasteiger charge is 2.19. The molecule has 0 aromatic heterocycles. The van der Waals surface area contributed by atoms with Crippen molar-refractivity contribution in [2.45, 2.75) is 25.7 Å². The maximum atomic E-state index is 8.69. The van der Waals surface area contributed by atoms with E-state index in [-0.39, 0.29) is 19.0 Å². The van der Waals surface area contributed by atoms with Gasteiger partial charge in [0.05, 0.1) is 15.7 Å². The van der Waals surface area contributed by atoms with E-state index in [1.54, 1.807) is 0 Å². The number of hydrogen-bond acceptors (Lipinski definition) is 4. The van der Waals surface area contributed by atoms with Crippen LogP contribution < -0.4 is 4.90 Å². The molecule has 0 amide bonds. The normalized spacial score (nSPS) is 15.2. The molecule has 0 spiro atoms. The Morgan fingerprint density at radius 2 is 1.64 bits per heavy atom. The molecule has 144 valence electrons. The molecule has 0 unspecified atom stereocenters. The lowest BCUT2D eigenvalue weighted by Crippen LogP contribution is -2.46. The number of halogens is 3. The molecular weight excluding hydrogens is 383 g/mol. The molecule has 0 bridgehead atoms. The van der Waals surface area contributed by atoms with E-state index in [1.807, 2.05) is 18.2 Å². The highest BCUT2D eigenvalue weighted by molar-refractivity contribution is 6.43. The molecule has 0 radical (unpaired) electrons. The number of piperazine rings is 1. The second kappa shape index (κ2) is 13.0. The Morgan fingerprint density at radius 1 is 0.960 bits per heavy atom. The monoisotopic (exact) mass is 410 g/mol. The fourth-order valence-corrected chi connectivity index (χ4v) is 3.32. The van der Waals surface area contributed by atoms with E-state index in [1.165, 1.54) is 0 Å². The zero-order valence-corrected chi connectivity index (χ0v) is 17.0. The number of nitrogens with zero attached hydrogens (tertiary/aromatic N) is 2. The summed E-state index contributed by atoms with van der Waals surface area (Å²) in [6.07, 6.45) is 4.04. The van der Waals surface area contributed by atoms with E-state index >= 15 is 0 Å². The second-order valence-electron chi connectivity index (χ2n) is 6.15. The average Bonchev–Trinajstić information content (AvgIpc) is 2.60. The van der Waals surface area contributed by atoms with Gasteiger partial charge in [0.2, 0.25) is 0 Å². The van der Waals surface area contributed by atoms with Crippen LogP contribution in [0, 0.1) is 0 Å². The van der Waals surface area contributed by atoms with Gasteiger partial charge in [-0.15, -0.1) is 12.4 Å². The number of hydrogen-bond donors (Lipinski definition) is 1. The van der Waals surface area contributed by atoms with Gasteiger partial charge in [-0.1, -0.05) is 29.3 Å². The van der Waals surface area contributed by atoms with Crippen LogP contribution in [0.25, 0.3) is 0 Å². The van der Waals surface area contributed by atoms with E-state index in [0.29, 0.717) is 10.0 Å². The Balaban J connectivity index is 0.00000312. The molecule has 0 aliphatic carbocycles. The van der Waals surface area contributed by atoms with Crippen LogP contribution in [0.5, 0.6) is 0 Å². The van der Waals surface area contributed by atoms with E-state index in [4.69, 9.17) is 33.0 Å². The maximum Gasteiger partial charge on any atom is 0.0825 e. The van der Waals surface area contributed by atoms with Crippen molar-refractivity contribution in [1.82, 2.24) is 4.90 Å². The second-order valence-corrected chi connectivity index (χ2v) is 6.94. The Labute approximate surface area is 167 Å². The lowest BCUT2D eigenvalue weighted by atomic mass is 10.2. The number of benzene rings is 1. The van der Waals surface area contributed by atoms with Gasteiger partial charge in [-0.2, -0.15) is 0 Å². The Bertz CT molecular complexity index is 483. The average molecular weight is 412 g/mol. The minimum Gasteiger partial charge on any atom is -0.396 e. The van der Waals surface area contributed by atoms with Crippen LogP contribution in [0.1, 0.15) is 25.7 Å². The van der Waals surface area contributed by atoms with Gasteiger partial charge in [0.25, 0.3) is 0 Å². The quantitative estimate of drug-likeness (QED) is 0.588. The highest BCUT2D eigenvalue weighted by Crippen LogP contribution is 2.32. The number of anilines is 1. The first kappa shape index (κ1) is 22.8. The van der Waals surface area contributed by atoms with Gasteiger partial charge in [0.15, 0.2) is 0 Å². The molecule has 7 heteroatoms. The van der Waals surface area contributed by atoms with Crippen LogP contribution in [-0.4, -0.2) is 62.6 Å². The minimum absolute atomic E-state index is 0. The highest BCUT2D eigenvalue weighted by atomic mass is 35.5. The van der Waals surface area contributed by atoms with Crippen LogP contribution >= 0.6 is 35.6 Å². The summed E-state index contributed by atoms with van der Waals surface area (Å²) in [4.78, 5) is 4.82. The van der Waals surface area contributed by atoms with Crippen LogP contribution in [0.2, 0.25) is 10.0 Å². The zero-order valence-electron chi connectivity index (χ0n) is 14.6. The van der Waals surface area contributed by atoms with Crippen LogP contribution in [0.4, 0.5) is 5.69 Å². The van der Waals surface area contributed by atoms with Crippen molar-refractivity contribution in [1.29, 1.82) is 0 Å². The molecule has 1 heterocycles. The van der Waals surface area contributed by atoms with Crippen molar-refractivity contribution >= 4 is 41.3 Å². The number of unbranched alkanes of at least 4 members (excludes halogenated alkanes) is 2. The topological polar surface area (TPSA) is 35.9 Å². The third kappa shape index (κ3) is 7.90. The van der Waals surface area contributed by atoms with E-state index in [0.717, 1.165) is 77.3 Å². The van der Waals surface area contributed by atoms with Gasteiger partial charge in [-0.05, 0) is 44.4 Å². The molecule has 0 atom stereocenters. The molecule has 0 saturated carbocycles. The van der Waals surface area contributed by atoms with Crippen LogP contribution in [-0.2, 0) is 4.74 Å². The predicted molar refractivity (Wildman–Crippen MR) is 109 cm³/mol. The lowest BCUT2D eigenvalue weighted by Gasteiger charge is -2.36. The summed E-state index contributed by atoms with van der Waals surface area (Å²) in [5.74, 6) is 0. The first-order valence-corrected chi connectivity index (χ1v) is 9.58. The molecule has 4 nitrogen and oxygen atoms in total. The summed E-state index contributed by atoms with van der Waals surface area (Å²) in [5, 5.41) is 9.97. The zero-order chi connectivity index (χ0) is 17.2. The predicted octanol–water partition coefficient (Wildman–Crippen LogP) is 4.11. The number of rotatable bonds is 10. The van der Waals surface area contributed by atoms with Crippen molar-refractivity contribution < 1.29 is 9.84 Å². The molecule has 1 aliphatic rings. The first-order valence-electron chi connectivity index (χ1n) is 8.82. The number of ether oxygens (including phenoxy) is 1. The summed E-state index contributed by atoms with van der Waals surface area (Å²) < 4.78 is 5.56. The fourth-order valence-electron chi connectivity index (χ4n) is 2.91. The Kier molecular flexibility index (Phi) is 11.9. The van der Waals surface area contributed by atoms with Crippen molar-refractivity contribution in [2.24, 2.45) is 0 Å². The molecule has 1 fully saturated rings. The number of aliphatic hydroxyl groups is 1. The number of aliphatic hydroxyl groups excluding tert-OH is 1. The lowest BCUT2D eigenvalue weighted by molar-refractivity contribution is 0.118. The van der Waals surface area contributed by atoms with E-state index in [2.05, 4.69) is 9.80 Å². The van der Waals surface area contributed by atoms with Crippen molar-refractivity contribution in [3.63, 3.8) is 0 Å². The third-order valence-corrected chi connectivity index (χ3v) is 5.16. The first-order chi connectivity index (χ1) is 11.7. The van der Waals surface area contributed by atoms with Crippen molar-refractivity contribution in [2.75, 3.05) is 57.4 Å². The molecular formula is C18H29Cl3N2O2. The van der Waals surface area contributed by atoms with Crippen LogP contribution in [0.3, 0.4) is 0 Å². The van der Waals surface area contributed by atoms with Gasteiger partial charge in [0, 0.05) is 46.0 Å². The maximum absolute atomic E-state index is 8.69. The standard InChI is InChI=1S/C18H28Cl2N2O2.ClH/c19-16-6-5-7-17(18(16)20)22-11-9-21(10-12-22)8-1-3-14-24-15-4-2-13-23;/h5-7,23H,1-4,8-15H2;1H. The van der Waals surface area contributed by atoms with Crippen LogP contribution in [0.15, 0.2) is 18.2 Å². The molecule has 25 heavy (non-hydrogen) atoms. The SMILES string of the molecule is Cl.OCCCCOCCCCN1CCN(c2cccc(Cl)c2Cl)CC1. The van der Waals surface area contributed by atoms with Gasteiger partial charge in [0.1, 0.15) is 0 Å². The van der Waals surface area contributed by atoms with Crippen molar-refractivity contribution in [3.05, 3.63) is 28.2 Å². The summed E-state index contributed by atoms with van der Waals surface area (Å²) in [6.45, 7) is 7.05. The third-order valence-electron chi connectivity index (χ3n) is 4.35. The fraction of sp³-hybridized carbons (Fsp3) is 0.667. The van der Waals surface area contributed by atoms with E-state index < -0.39 is 0 Å².